The fraction of sp³-hybridized carbons (Fsp3) is 0.647. The molecule has 112 valence electrons. The first-order valence-corrected chi connectivity index (χ1v) is 8.09. The summed E-state index contributed by atoms with van der Waals surface area (Å²) in [7, 11) is 0. The molecular formula is C17H23N3O. The number of hydrogen-bond acceptors (Lipinski definition) is 4. The van der Waals surface area contributed by atoms with Crippen LogP contribution in [0.2, 0.25) is 0 Å². The van der Waals surface area contributed by atoms with E-state index < -0.39 is 0 Å². The second-order valence-electron chi connectivity index (χ2n) is 6.32. The highest BCUT2D eigenvalue weighted by Gasteiger charge is 2.25. The molecule has 0 radical (unpaired) electrons. The molecular weight excluding hydrogens is 262 g/mol. The van der Waals surface area contributed by atoms with Crippen molar-refractivity contribution in [3.8, 4) is 6.07 Å². The van der Waals surface area contributed by atoms with Crippen molar-refractivity contribution >= 4 is 5.82 Å². The zero-order valence-electron chi connectivity index (χ0n) is 12.4. The molecule has 0 bridgehead atoms. The number of aliphatic hydroxyl groups is 1. The van der Waals surface area contributed by atoms with Gasteiger partial charge in [0.05, 0.1) is 5.56 Å². The number of hydrogen-bond donors (Lipinski definition) is 2. The molecule has 0 aromatic carbocycles. The van der Waals surface area contributed by atoms with Gasteiger partial charge in [0.25, 0.3) is 0 Å². The largest absolute Gasteiger partial charge is 0.396 e. The van der Waals surface area contributed by atoms with Crippen molar-refractivity contribution in [1.29, 1.82) is 5.26 Å². The van der Waals surface area contributed by atoms with Crippen molar-refractivity contribution in [2.45, 2.75) is 44.9 Å². The normalized spacial score (nSPS) is 24.4. The molecule has 21 heavy (non-hydrogen) atoms. The summed E-state index contributed by atoms with van der Waals surface area (Å²) in [5.74, 6) is 1.62. The number of nitriles is 1. The SMILES string of the molecule is N#Cc1cc2c(nc1NCC1CCCCC1CO)CCC2. The highest BCUT2D eigenvalue weighted by atomic mass is 16.3. The summed E-state index contributed by atoms with van der Waals surface area (Å²) in [5, 5.41) is 22.2. The molecule has 2 aliphatic rings. The van der Waals surface area contributed by atoms with Gasteiger partial charge in [0, 0.05) is 18.8 Å². The molecule has 1 heterocycles. The lowest BCUT2D eigenvalue weighted by molar-refractivity contribution is 0.141. The van der Waals surface area contributed by atoms with Gasteiger partial charge in [-0.1, -0.05) is 12.8 Å². The van der Waals surface area contributed by atoms with Gasteiger partial charge in [-0.25, -0.2) is 4.98 Å². The van der Waals surface area contributed by atoms with Crippen molar-refractivity contribution in [3.05, 3.63) is 22.9 Å². The maximum atomic E-state index is 9.49. The number of rotatable bonds is 4. The minimum absolute atomic E-state index is 0.273. The number of anilines is 1. The Bertz CT molecular complexity index is 550. The molecule has 2 atom stereocenters. The Labute approximate surface area is 126 Å². The summed E-state index contributed by atoms with van der Waals surface area (Å²) in [5.41, 5.74) is 3.05. The van der Waals surface area contributed by atoms with E-state index in [1.807, 2.05) is 6.07 Å². The molecule has 2 aliphatic carbocycles. The fourth-order valence-electron chi connectivity index (χ4n) is 3.71. The van der Waals surface area contributed by atoms with E-state index in [1.165, 1.54) is 18.4 Å². The minimum Gasteiger partial charge on any atom is -0.396 e. The van der Waals surface area contributed by atoms with Crippen molar-refractivity contribution in [1.82, 2.24) is 4.98 Å². The maximum absolute atomic E-state index is 9.49. The Morgan fingerprint density at radius 1 is 1.24 bits per heavy atom. The smallest absolute Gasteiger partial charge is 0.144 e. The maximum Gasteiger partial charge on any atom is 0.144 e. The Morgan fingerprint density at radius 2 is 2.05 bits per heavy atom. The van der Waals surface area contributed by atoms with Crippen LogP contribution in [0.25, 0.3) is 0 Å². The van der Waals surface area contributed by atoms with Gasteiger partial charge in [0.15, 0.2) is 0 Å². The molecule has 4 nitrogen and oxygen atoms in total. The summed E-state index contributed by atoms with van der Waals surface area (Å²) in [6.07, 6.45) is 7.96. The lowest BCUT2D eigenvalue weighted by Crippen LogP contribution is -2.29. The van der Waals surface area contributed by atoms with Crippen LogP contribution in [-0.4, -0.2) is 23.2 Å². The molecule has 0 aliphatic heterocycles. The molecule has 3 rings (SSSR count). The van der Waals surface area contributed by atoms with Crippen LogP contribution in [0.4, 0.5) is 5.82 Å². The Balaban J connectivity index is 1.71. The summed E-state index contributed by atoms with van der Waals surface area (Å²) in [4.78, 5) is 4.66. The van der Waals surface area contributed by atoms with Gasteiger partial charge in [0.2, 0.25) is 0 Å². The third-order valence-corrected chi connectivity index (χ3v) is 5.00. The number of nitrogens with zero attached hydrogens (tertiary/aromatic N) is 2. The third-order valence-electron chi connectivity index (χ3n) is 5.00. The van der Waals surface area contributed by atoms with Crippen molar-refractivity contribution in [2.75, 3.05) is 18.5 Å². The number of pyridine rings is 1. The topological polar surface area (TPSA) is 68.9 Å². The monoisotopic (exact) mass is 285 g/mol. The Hall–Kier alpha value is -1.60. The summed E-state index contributed by atoms with van der Waals surface area (Å²) in [6, 6.07) is 4.27. The van der Waals surface area contributed by atoms with Crippen LogP contribution in [0.3, 0.4) is 0 Å². The highest BCUT2D eigenvalue weighted by molar-refractivity contribution is 5.55. The molecule has 2 N–H and O–H groups in total. The van der Waals surface area contributed by atoms with Gasteiger partial charge in [0.1, 0.15) is 11.9 Å². The van der Waals surface area contributed by atoms with E-state index in [4.69, 9.17) is 0 Å². The fourth-order valence-corrected chi connectivity index (χ4v) is 3.71. The number of aliphatic hydroxyl groups excluding tert-OH is 1. The molecule has 0 amide bonds. The minimum atomic E-state index is 0.273. The van der Waals surface area contributed by atoms with Crippen molar-refractivity contribution in [3.63, 3.8) is 0 Å². The van der Waals surface area contributed by atoms with Crippen LogP contribution in [-0.2, 0) is 12.8 Å². The first-order valence-electron chi connectivity index (χ1n) is 8.09. The second-order valence-corrected chi connectivity index (χ2v) is 6.32. The summed E-state index contributed by atoms with van der Waals surface area (Å²) in [6.45, 7) is 1.08. The lowest BCUT2D eigenvalue weighted by Gasteiger charge is -2.30. The van der Waals surface area contributed by atoms with Gasteiger partial charge >= 0.3 is 0 Å². The summed E-state index contributed by atoms with van der Waals surface area (Å²) < 4.78 is 0. The quantitative estimate of drug-likeness (QED) is 0.892. The van der Waals surface area contributed by atoms with E-state index in [2.05, 4.69) is 16.4 Å². The van der Waals surface area contributed by atoms with Gasteiger partial charge in [-0.2, -0.15) is 5.26 Å². The van der Waals surface area contributed by atoms with Gasteiger partial charge < -0.3 is 10.4 Å². The molecule has 0 saturated heterocycles. The van der Waals surface area contributed by atoms with E-state index >= 15 is 0 Å². The summed E-state index contributed by atoms with van der Waals surface area (Å²) >= 11 is 0. The van der Waals surface area contributed by atoms with Gasteiger partial charge in [-0.05, 0) is 55.6 Å². The zero-order chi connectivity index (χ0) is 14.7. The molecule has 1 saturated carbocycles. The number of fused-ring (bicyclic) bond motifs is 1. The van der Waals surface area contributed by atoms with Crippen LogP contribution in [0.15, 0.2) is 6.07 Å². The number of aromatic nitrogens is 1. The van der Waals surface area contributed by atoms with Crippen molar-refractivity contribution < 1.29 is 5.11 Å². The van der Waals surface area contributed by atoms with Crippen molar-refractivity contribution in [2.24, 2.45) is 11.8 Å². The van der Waals surface area contributed by atoms with Gasteiger partial charge in [-0.15, -0.1) is 0 Å². The first kappa shape index (κ1) is 14.3. The van der Waals surface area contributed by atoms with Gasteiger partial charge in [-0.3, -0.25) is 0 Å². The number of aryl methyl sites for hydroxylation is 2. The first-order chi connectivity index (χ1) is 10.3. The highest BCUT2D eigenvalue weighted by Crippen LogP contribution is 2.30. The van der Waals surface area contributed by atoms with Crippen LogP contribution < -0.4 is 5.32 Å². The average molecular weight is 285 g/mol. The van der Waals surface area contributed by atoms with Crippen LogP contribution in [0.1, 0.15) is 48.9 Å². The second kappa shape index (κ2) is 6.44. The average Bonchev–Trinajstić information content (AvgIpc) is 2.99. The number of nitrogens with one attached hydrogen (secondary N) is 1. The molecule has 1 aromatic heterocycles. The molecule has 1 aromatic rings. The predicted molar refractivity (Wildman–Crippen MR) is 82.0 cm³/mol. The van der Waals surface area contributed by atoms with Crippen LogP contribution in [0, 0.1) is 23.2 Å². The molecule has 0 spiro atoms. The van der Waals surface area contributed by atoms with E-state index in [0.717, 1.165) is 50.2 Å². The van der Waals surface area contributed by atoms with E-state index in [-0.39, 0.29) is 6.61 Å². The molecule has 4 heteroatoms. The van der Waals surface area contributed by atoms with E-state index in [0.29, 0.717) is 17.4 Å². The van der Waals surface area contributed by atoms with Crippen LogP contribution >= 0.6 is 0 Å². The van der Waals surface area contributed by atoms with E-state index in [1.54, 1.807) is 0 Å². The standard InChI is InChI=1S/C17H23N3O/c18-9-15-8-12-6-3-7-16(12)20-17(15)19-10-13-4-1-2-5-14(13)11-21/h8,13-14,21H,1-7,10-11H2,(H,19,20). The lowest BCUT2D eigenvalue weighted by atomic mass is 9.79. The van der Waals surface area contributed by atoms with Crippen LogP contribution in [0.5, 0.6) is 0 Å². The molecule has 2 unspecified atom stereocenters. The third kappa shape index (κ3) is 3.03. The van der Waals surface area contributed by atoms with E-state index in [9.17, 15) is 10.4 Å². The predicted octanol–water partition coefficient (Wildman–Crippen LogP) is 2.65. The zero-order valence-corrected chi connectivity index (χ0v) is 12.4. The Morgan fingerprint density at radius 3 is 2.81 bits per heavy atom. The molecule has 1 fully saturated rings. The Kier molecular flexibility index (Phi) is 4.40.